The van der Waals surface area contributed by atoms with Gasteiger partial charge >= 0.3 is 0 Å². The van der Waals surface area contributed by atoms with Crippen LogP contribution in [0.2, 0.25) is 0 Å². The fourth-order valence-electron chi connectivity index (χ4n) is 1.81. The van der Waals surface area contributed by atoms with E-state index in [9.17, 15) is 0 Å². The second kappa shape index (κ2) is 9.29. The SMILES string of the molecule is C=CN/C=C\C(=C(/C)N)c1ccc(O/C(C)=C/C=C\C)cc1. The normalized spacial score (nSPS) is 13.3. The van der Waals surface area contributed by atoms with Crippen LogP contribution in [0.5, 0.6) is 5.75 Å². The summed E-state index contributed by atoms with van der Waals surface area (Å²) in [6.45, 7) is 9.37. The molecular formula is C19H24N2O. The molecule has 22 heavy (non-hydrogen) atoms. The lowest BCUT2D eigenvalue weighted by atomic mass is 10.0. The minimum absolute atomic E-state index is 0.750. The van der Waals surface area contributed by atoms with E-state index >= 15 is 0 Å². The summed E-state index contributed by atoms with van der Waals surface area (Å²) in [5.41, 5.74) is 8.69. The number of nitrogens with two attached hydrogens (primary N) is 1. The molecule has 3 nitrogen and oxygen atoms in total. The van der Waals surface area contributed by atoms with Gasteiger partial charge in [0.15, 0.2) is 0 Å². The maximum Gasteiger partial charge on any atom is 0.126 e. The van der Waals surface area contributed by atoms with Crippen molar-refractivity contribution in [2.75, 3.05) is 0 Å². The van der Waals surface area contributed by atoms with Gasteiger partial charge in [0.2, 0.25) is 0 Å². The van der Waals surface area contributed by atoms with Crippen molar-refractivity contribution in [2.24, 2.45) is 5.73 Å². The van der Waals surface area contributed by atoms with Crippen LogP contribution in [0.25, 0.3) is 5.57 Å². The van der Waals surface area contributed by atoms with E-state index in [1.54, 1.807) is 12.4 Å². The topological polar surface area (TPSA) is 47.3 Å². The zero-order chi connectivity index (χ0) is 16.4. The average molecular weight is 296 g/mol. The van der Waals surface area contributed by atoms with E-state index in [1.165, 1.54) is 0 Å². The number of ether oxygens (including phenoxy) is 1. The van der Waals surface area contributed by atoms with Crippen molar-refractivity contribution in [3.8, 4) is 5.75 Å². The largest absolute Gasteiger partial charge is 0.462 e. The van der Waals surface area contributed by atoms with E-state index in [4.69, 9.17) is 10.5 Å². The first kappa shape index (κ1) is 17.4. The van der Waals surface area contributed by atoms with Crippen molar-refractivity contribution in [3.05, 3.63) is 84.6 Å². The molecule has 1 aromatic carbocycles. The van der Waals surface area contributed by atoms with E-state index in [-0.39, 0.29) is 0 Å². The van der Waals surface area contributed by atoms with Gasteiger partial charge in [0.05, 0.1) is 0 Å². The summed E-state index contributed by atoms with van der Waals surface area (Å²) in [7, 11) is 0. The number of allylic oxidation sites excluding steroid dienone is 7. The highest BCUT2D eigenvalue weighted by Gasteiger charge is 2.02. The minimum Gasteiger partial charge on any atom is -0.462 e. The molecule has 0 heterocycles. The Morgan fingerprint density at radius 3 is 2.45 bits per heavy atom. The Bertz CT molecular complexity index is 601. The van der Waals surface area contributed by atoms with Crippen molar-refractivity contribution in [3.63, 3.8) is 0 Å². The Hall–Kier alpha value is -2.68. The highest BCUT2D eigenvalue weighted by Crippen LogP contribution is 2.22. The highest BCUT2D eigenvalue weighted by atomic mass is 16.5. The molecular weight excluding hydrogens is 272 g/mol. The van der Waals surface area contributed by atoms with Crippen LogP contribution >= 0.6 is 0 Å². The first-order valence-electron chi connectivity index (χ1n) is 7.16. The number of nitrogens with one attached hydrogen (secondary N) is 1. The summed E-state index contributed by atoms with van der Waals surface area (Å²) in [6, 6.07) is 7.84. The van der Waals surface area contributed by atoms with Gasteiger partial charge < -0.3 is 15.8 Å². The fraction of sp³-hybridized carbons (Fsp3) is 0.158. The van der Waals surface area contributed by atoms with Crippen molar-refractivity contribution < 1.29 is 4.74 Å². The number of hydrogen-bond donors (Lipinski definition) is 2. The van der Waals surface area contributed by atoms with Gasteiger partial charge in [-0.1, -0.05) is 30.9 Å². The van der Waals surface area contributed by atoms with Crippen LogP contribution in [0.15, 0.2) is 79.0 Å². The van der Waals surface area contributed by atoms with E-state index in [2.05, 4.69) is 11.9 Å². The monoisotopic (exact) mass is 296 g/mol. The van der Waals surface area contributed by atoms with E-state index in [0.717, 1.165) is 28.3 Å². The molecule has 3 N–H and O–H groups in total. The molecule has 0 radical (unpaired) electrons. The first-order chi connectivity index (χ1) is 10.6. The molecule has 0 aliphatic heterocycles. The molecule has 0 aliphatic carbocycles. The number of hydrogen-bond acceptors (Lipinski definition) is 3. The fourth-order valence-corrected chi connectivity index (χ4v) is 1.81. The first-order valence-corrected chi connectivity index (χ1v) is 7.16. The smallest absolute Gasteiger partial charge is 0.126 e. The molecule has 0 bridgehead atoms. The van der Waals surface area contributed by atoms with Gasteiger partial charge in [-0.3, -0.25) is 0 Å². The Morgan fingerprint density at radius 2 is 1.91 bits per heavy atom. The molecule has 0 fully saturated rings. The standard InChI is InChI=1S/C19H24N2O/c1-5-7-8-15(3)22-18-11-9-17(10-12-18)19(16(4)20)13-14-21-6-2/h5-14,21H,2,20H2,1,3-4H3/b7-5-,14-13-,15-8+,19-16-. The van der Waals surface area contributed by atoms with Gasteiger partial charge in [0.1, 0.15) is 11.5 Å². The van der Waals surface area contributed by atoms with Crippen LogP contribution in [0, 0.1) is 0 Å². The van der Waals surface area contributed by atoms with Gasteiger partial charge in [0.25, 0.3) is 0 Å². The van der Waals surface area contributed by atoms with Crippen LogP contribution < -0.4 is 15.8 Å². The predicted molar refractivity (Wildman–Crippen MR) is 94.9 cm³/mol. The molecule has 0 amide bonds. The van der Waals surface area contributed by atoms with Gasteiger partial charge in [-0.15, -0.1) is 0 Å². The third-order valence-corrected chi connectivity index (χ3v) is 2.86. The molecule has 0 saturated heterocycles. The molecule has 0 saturated carbocycles. The van der Waals surface area contributed by atoms with Crippen LogP contribution in [0.3, 0.4) is 0 Å². The van der Waals surface area contributed by atoms with Gasteiger partial charge in [-0.25, -0.2) is 0 Å². The number of rotatable bonds is 7. The Morgan fingerprint density at radius 1 is 1.23 bits per heavy atom. The second-order valence-corrected chi connectivity index (χ2v) is 4.73. The number of benzene rings is 1. The second-order valence-electron chi connectivity index (χ2n) is 4.73. The van der Waals surface area contributed by atoms with Gasteiger partial charge in [0, 0.05) is 17.5 Å². The third-order valence-electron chi connectivity index (χ3n) is 2.86. The quantitative estimate of drug-likeness (QED) is 0.576. The summed E-state index contributed by atoms with van der Waals surface area (Å²) in [6.07, 6.45) is 11.2. The average Bonchev–Trinajstić information content (AvgIpc) is 2.50. The van der Waals surface area contributed by atoms with Crippen molar-refractivity contribution in [1.29, 1.82) is 0 Å². The molecule has 0 aliphatic rings. The van der Waals surface area contributed by atoms with Crippen LogP contribution in [0.1, 0.15) is 26.3 Å². The van der Waals surface area contributed by atoms with E-state index in [1.807, 2.05) is 69.3 Å². The summed E-state index contributed by atoms with van der Waals surface area (Å²) in [4.78, 5) is 0. The maximum absolute atomic E-state index is 5.95. The Kier molecular flexibility index (Phi) is 7.34. The lowest BCUT2D eigenvalue weighted by Gasteiger charge is -2.09. The molecule has 0 atom stereocenters. The highest BCUT2D eigenvalue weighted by molar-refractivity contribution is 5.76. The third kappa shape index (κ3) is 5.75. The molecule has 1 rings (SSSR count). The van der Waals surface area contributed by atoms with Crippen molar-refractivity contribution in [1.82, 2.24) is 5.32 Å². The van der Waals surface area contributed by atoms with Crippen LogP contribution in [-0.4, -0.2) is 0 Å². The zero-order valence-electron chi connectivity index (χ0n) is 13.5. The van der Waals surface area contributed by atoms with Gasteiger partial charge in [-0.05, 0) is 56.8 Å². The molecule has 3 heteroatoms. The maximum atomic E-state index is 5.95. The molecule has 0 unspecified atom stereocenters. The molecule has 0 aromatic heterocycles. The summed E-state index contributed by atoms with van der Waals surface area (Å²) >= 11 is 0. The zero-order valence-corrected chi connectivity index (χ0v) is 13.5. The van der Waals surface area contributed by atoms with Crippen LogP contribution in [0.4, 0.5) is 0 Å². The van der Waals surface area contributed by atoms with Crippen LogP contribution in [-0.2, 0) is 0 Å². The lowest BCUT2D eigenvalue weighted by Crippen LogP contribution is -1.98. The predicted octanol–water partition coefficient (Wildman–Crippen LogP) is 4.48. The molecule has 0 spiro atoms. The van der Waals surface area contributed by atoms with E-state index < -0.39 is 0 Å². The molecule has 1 aromatic rings. The Labute approximate surface area is 133 Å². The molecule has 116 valence electrons. The summed E-state index contributed by atoms with van der Waals surface area (Å²) in [5, 5.41) is 2.92. The summed E-state index contributed by atoms with van der Waals surface area (Å²) in [5.74, 6) is 1.64. The minimum atomic E-state index is 0.750. The van der Waals surface area contributed by atoms with Gasteiger partial charge in [-0.2, -0.15) is 0 Å². The van der Waals surface area contributed by atoms with E-state index in [0.29, 0.717) is 0 Å². The Balaban J connectivity index is 2.91. The van der Waals surface area contributed by atoms with Crippen molar-refractivity contribution in [2.45, 2.75) is 20.8 Å². The summed E-state index contributed by atoms with van der Waals surface area (Å²) < 4.78 is 5.73. The lowest BCUT2D eigenvalue weighted by molar-refractivity contribution is 0.428. The van der Waals surface area contributed by atoms with Crippen molar-refractivity contribution >= 4 is 5.57 Å².